The lowest BCUT2D eigenvalue weighted by atomic mass is 10.0. The minimum atomic E-state index is -0.584. The molecule has 5 rings (SSSR count). The lowest BCUT2D eigenvalue weighted by molar-refractivity contribution is 0.544. The number of piperidine rings is 1. The van der Waals surface area contributed by atoms with E-state index in [1.54, 1.807) is 16.8 Å². The standard InChI is InChI=1S/C19H17F2N7S/c20-11-1-2-14(21)13(7-11)19-8-10(19)3-5-27(19)15-4-6-28-17(26-15)12(9-25-28)16(22)29-18(23)24/h1-2,4,6-7,9-10,22H,3,5,8H2,(H3,23,24)/t10-,19+/m0/s1. The zero-order valence-corrected chi connectivity index (χ0v) is 16.0. The number of thioether (sulfide) groups is 1. The number of hydrogen-bond acceptors (Lipinski definition) is 6. The van der Waals surface area contributed by atoms with E-state index in [0.717, 1.165) is 30.7 Å². The van der Waals surface area contributed by atoms with Crippen molar-refractivity contribution in [1.82, 2.24) is 14.6 Å². The summed E-state index contributed by atoms with van der Waals surface area (Å²) in [4.78, 5) is 6.73. The summed E-state index contributed by atoms with van der Waals surface area (Å²) in [6.45, 7) is 0.687. The SMILES string of the molecule is N=C(N)SC(=N)c1cnn2ccc(N3CC[C@H]4C[C@]43c3cc(F)ccc3F)nc12. The minimum Gasteiger partial charge on any atom is -0.378 e. The van der Waals surface area contributed by atoms with Gasteiger partial charge in [-0.3, -0.25) is 10.8 Å². The van der Waals surface area contributed by atoms with Gasteiger partial charge in [0.25, 0.3) is 0 Å². The summed E-state index contributed by atoms with van der Waals surface area (Å²) in [5.74, 6) is 0.0207. The average molecular weight is 413 g/mol. The third kappa shape index (κ3) is 2.70. The number of amidine groups is 1. The molecule has 4 N–H and O–H groups in total. The highest BCUT2D eigenvalue weighted by Gasteiger charge is 2.64. The smallest absolute Gasteiger partial charge is 0.167 e. The third-order valence-electron chi connectivity index (χ3n) is 5.74. The summed E-state index contributed by atoms with van der Waals surface area (Å²) in [7, 11) is 0. The van der Waals surface area contributed by atoms with Crippen molar-refractivity contribution in [1.29, 1.82) is 10.8 Å². The molecule has 0 radical (unpaired) electrons. The first-order valence-corrected chi connectivity index (χ1v) is 9.90. The second kappa shape index (κ2) is 6.24. The molecule has 3 heterocycles. The van der Waals surface area contributed by atoms with Crippen molar-refractivity contribution >= 4 is 33.4 Å². The van der Waals surface area contributed by atoms with Gasteiger partial charge < -0.3 is 10.6 Å². The van der Waals surface area contributed by atoms with E-state index >= 15 is 0 Å². The Morgan fingerprint density at radius 3 is 2.86 bits per heavy atom. The molecule has 0 unspecified atom stereocenters. The molecule has 1 aromatic carbocycles. The predicted octanol–water partition coefficient (Wildman–Crippen LogP) is 3.09. The molecule has 29 heavy (non-hydrogen) atoms. The van der Waals surface area contributed by atoms with Crippen LogP contribution in [0.25, 0.3) is 5.65 Å². The number of nitrogens with one attached hydrogen (secondary N) is 2. The van der Waals surface area contributed by atoms with Crippen LogP contribution in [-0.2, 0) is 5.54 Å². The van der Waals surface area contributed by atoms with E-state index in [2.05, 4.69) is 10.1 Å². The molecular formula is C19H17F2N7S. The summed E-state index contributed by atoms with van der Waals surface area (Å²) in [6, 6.07) is 5.39. The van der Waals surface area contributed by atoms with Crippen LogP contribution in [0.4, 0.5) is 14.6 Å². The van der Waals surface area contributed by atoms with E-state index in [1.165, 1.54) is 18.3 Å². The van der Waals surface area contributed by atoms with Crippen molar-refractivity contribution in [3.05, 3.63) is 59.4 Å². The van der Waals surface area contributed by atoms with Crippen LogP contribution in [0, 0.1) is 28.4 Å². The predicted molar refractivity (Wildman–Crippen MR) is 107 cm³/mol. The number of anilines is 1. The lowest BCUT2D eigenvalue weighted by Gasteiger charge is -2.30. The van der Waals surface area contributed by atoms with Gasteiger partial charge in [-0.15, -0.1) is 0 Å². The van der Waals surface area contributed by atoms with Gasteiger partial charge in [0, 0.05) is 18.3 Å². The molecule has 10 heteroatoms. The Hall–Kier alpha value is -3.01. The van der Waals surface area contributed by atoms with E-state index in [4.69, 9.17) is 16.6 Å². The number of aromatic nitrogens is 3. The number of nitrogens with zero attached hydrogens (tertiary/aromatic N) is 4. The quantitative estimate of drug-likeness (QED) is 0.452. The van der Waals surface area contributed by atoms with E-state index in [0.29, 0.717) is 29.1 Å². The van der Waals surface area contributed by atoms with Crippen LogP contribution in [0.1, 0.15) is 24.0 Å². The zero-order valence-electron chi connectivity index (χ0n) is 15.2. The summed E-state index contributed by atoms with van der Waals surface area (Å²) < 4.78 is 30.0. The first-order chi connectivity index (χ1) is 13.9. The Morgan fingerprint density at radius 2 is 2.10 bits per heavy atom. The number of fused-ring (bicyclic) bond motifs is 2. The molecule has 0 amide bonds. The van der Waals surface area contributed by atoms with E-state index in [9.17, 15) is 8.78 Å². The Balaban J connectivity index is 1.58. The fraction of sp³-hybridized carbons (Fsp3) is 0.263. The molecule has 7 nitrogen and oxygen atoms in total. The second-order valence-corrected chi connectivity index (χ2v) is 8.35. The maximum atomic E-state index is 14.6. The number of nitrogens with two attached hydrogens (primary N) is 1. The molecule has 1 saturated carbocycles. The van der Waals surface area contributed by atoms with Crippen LogP contribution in [0.5, 0.6) is 0 Å². The summed E-state index contributed by atoms with van der Waals surface area (Å²) in [6.07, 6.45) is 4.88. The van der Waals surface area contributed by atoms with Crippen molar-refractivity contribution < 1.29 is 8.78 Å². The summed E-state index contributed by atoms with van der Waals surface area (Å²) in [5.41, 5.74) is 6.10. The van der Waals surface area contributed by atoms with Gasteiger partial charge in [-0.25, -0.2) is 18.3 Å². The highest BCUT2D eigenvalue weighted by molar-refractivity contribution is 8.26. The van der Waals surface area contributed by atoms with Gasteiger partial charge in [0.05, 0.1) is 17.3 Å². The van der Waals surface area contributed by atoms with Crippen LogP contribution >= 0.6 is 11.8 Å². The molecule has 1 aliphatic heterocycles. The monoisotopic (exact) mass is 413 g/mol. The first kappa shape index (κ1) is 18.0. The van der Waals surface area contributed by atoms with Gasteiger partial charge in [0.2, 0.25) is 0 Å². The van der Waals surface area contributed by atoms with Crippen LogP contribution < -0.4 is 10.6 Å². The molecule has 2 atom stereocenters. The van der Waals surface area contributed by atoms with Gasteiger partial charge in [-0.05, 0) is 54.8 Å². The van der Waals surface area contributed by atoms with Crippen molar-refractivity contribution in [2.45, 2.75) is 18.4 Å². The molecule has 3 aromatic rings. The highest BCUT2D eigenvalue weighted by atomic mass is 32.2. The zero-order chi connectivity index (χ0) is 20.3. The van der Waals surface area contributed by atoms with Crippen molar-refractivity contribution in [3.8, 4) is 0 Å². The van der Waals surface area contributed by atoms with Crippen LogP contribution in [-0.4, -0.2) is 31.4 Å². The number of halogens is 2. The maximum Gasteiger partial charge on any atom is 0.167 e. The minimum absolute atomic E-state index is 0.0776. The van der Waals surface area contributed by atoms with E-state index in [-0.39, 0.29) is 16.1 Å². The normalized spacial score (nSPS) is 22.7. The lowest BCUT2D eigenvalue weighted by Crippen LogP contribution is -2.34. The second-order valence-electron chi connectivity index (χ2n) is 7.30. The van der Waals surface area contributed by atoms with E-state index in [1.807, 2.05) is 4.90 Å². The molecule has 0 bridgehead atoms. The van der Waals surface area contributed by atoms with Crippen LogP contribution in [0.3, 0.4) is 0 Å². The number of hydrogen-bond donors (Lipinski definition) is 3. The Morgan fingerprint density at radius 1 is 1.28 bits per heavy atom. The van der Waals surface area contributed by atoms with Crippen LogP contribution in [0.2, 0.25) is 0 Å². The van der Waals surface area contributed by atoms with E-state index < -0.39 is 17.2 Å². The fourth-order valence-electron chi connectivity index (χ4n) is 4.43. The van der Waals surface area contributed by atoms with Gasteiger partial charge in [-0.2, -0.15) is 5.10 Å². The van der Waals surface area contributed by atoms with Crippen molar-refractivity contribution in [2.24, 2.45) is 11.7 Å². The molecule has 2 aromatic heterocycles. The molecular weight excluding hydrogens is 396 g/mol. The summed E-state index contributed by atoms with van der Waals surface area (Å²) >= 11 is 0.820. The van der Waals surface area contributed by atoms with Gasteiger partial charge >= 0.3 is 0 Å². The maximum absolute atomic E-state index is 14.6. The largest absolute Gasteiger partial charge is 0.378 e. The third-order valence-corrected chi connectivity index (χ3v) is 6.38. The fourth-order valence-corrected chi connectivity index (χ4v) is 4.90. The topological polar surface area (TPSA) is 107 Å². The molecule has 2 fully saturated rings. The molecule has 1 saturated heterocycles. The van der Waals surface area contributed by atoms with Crippen LogP contribution in [0.15, 0.2) is 36.7 Å². The van der Waals surface area contributed by atoms with Crippen molar-refractivity contribution in [2.75, 3.05) is 11.4 Å². The van der Waals surface area contributed by atoms with Gasteiger partial charge in [0.1, 0.15) is 22.5 Å². The van der Waals surface area contributed by atoms with Gasteiger partial charge in [-0.1, -0.05) is 0 Å². The molecule has 148 valence electrons. The van der Waals surface area contributed by atoms with Crippen molar-refractivity contribution in [3.63, 3.8) is 0 Å². The Bertz CT molecular complexity index is 1180. The average Bonchev–Trinajstić information content (AvgIpc) is 3.06. The Kier molecular flexibility index (Phi) is 3.89. The molecule has 1 aliphatic carbocycles. The summed E-state index contributed by atoms with van der Waals surface area (Å²) in [5, 5.41) is 19.6. The number of rotatable bonds is 3. The molecule has 2 aliphatic rings. The number of benzene rings is 1. The van der Waals surface area contributed by atoms with Gasteiger partial charge in [0.15, 0.2) is 10.8 Å². The first-order valence-electron chi connectivity index (χ1n) is 9.08. The highest BCUT2D eigenvalue weighted by Crippen LogP contribution is 2.63. The Labute approximate surface area is 168 Å². The molecule has 0 spiro atoms.